The number of ether oxygens (including phenoxy) is 3. The van der Waals surface area contributed by atoms with Crippen LogP contribution in [-0.2, 0) is 28.6 Å². The smallest absolute Gasteiger partial charge is 0.306 e. The molecule has 0 amide bonds. The summed E-state index contributed by atoms with van der Waals surface area (Å²) >= 11 is 0. The molecule has 0 fully saturated rings. The lowest BCUT2D eigenvalue weighted by Crippen LogP contribution is -2.30. The molecule has 0 saturated carbocycles. The predicted octanol–water partition coefficient (Wildman–Crippen LogP) is 18.4. The Balaban J connectivity index is 4.35. The fourth-order valence-corrected chi connectivity index (χ4v) is 7.86. The maximum absolute atomic E-state index is 12.8. The van der Waals surface area contributed by atoms with Crippen molar-refractivity contribution in [3.8, 4) is 0 Å². The van der Waals surface area contributed by atoms with Gasteiger partial charge >= 0.3 is 17.9 Å². The van der Waals surface area contributed by atoms with E-state index in [4.69, 9.17) is 14.2 Å². The summed E-state index contributed by atoms with van der Waals surface area (Å²) in [5.74, 6) is -0.886. The van der Waals surface area contributed by atoms with E-state index in [2.05, 4.69) is 81.5 Å². The van der Waals surface area contributed by atoms with Gasteiger partial charge in [0.2, 0.25) is 0 Å². The molecule has 1 unspecified atom stereocenters. The maximum Gasteiger partial charge on any atom is 0.306 e. The average Bonchev–Trinajstić information content (AvgIpc) is 3.30. The van der Waals surface area contributed by atoms with Gasteiger partial charge in [-0.2, -0.15) is 0 Å². The number of esters is 3. The normalized spacial score (nSPS) is 12.5. The summed E-state index contributed by atoms with van der Waals surface area (Å²) in [6.45, 7) is 6.50. The Hall–Kier alpha value is -2.89. The van der Waals surface area contributed by atoms with Crippen molar-refractivity contribution >= 4 is 17.9 Å². The predicted molar refractivity (Wildman–Crippen MR) is 279 cm³/mol. The minimum absolute atomic E-state index is 0.0783. The Labute approximate surface area is 402 Å². The SMILES string of the molecule is CC/C=C\C/C=C\C/C=C\CCCCCCCCC(=O)OC(COC(=O)CCCCCCCCCCCC/C=C\C=C/CCCCC)COC(=O)CCCCCCCCCCCCCC. The molecule has 0 heterocycles. The van der Waals surface area contributed by atoms with Crippen molar-refractivity contribution in [1.29, 1.82) is 0 Å². The van der Waals surface area contributed by atoms with E-state index in [0.29, 0.717) is 19.3 Å². The number of allylic oxidation sites excluding steroid dienone is 10. The monoisotopic (exact) mass is 909 g/mol. The van der Waals surface area contributed by atoms with Crippen LogP contribution in [-0.4, -0.2) is 37.2 Å². The third-order valence-corrected chi connectivity index (χ3v) is 12.0. The van der Waals surface area contributed by atoms with Crippen LogP contribution < -0.4 is 0 Å². The maximum atomic E-state index is 12.8. The summed E-state index contributed by atoms with van der Waals surface area (Å²) in [6.07, 6.45) is 66.3. The van der Waals surface area contributed by atoms with Gasteiger partial charge in [-0.25, -0.2) is 0 Å². The van der Waals surface area contributed by atoms with Gasteiger partial charge in [-0.15, -0.1) is 0 Å². The van der Waals surface area contributed by atoms with Crippen LogP contribution >= 0.6 is 0 Å². The van der Waals surface area contributed by atoms with Crippen LogP contribution in [0.4, 0.5) is 0 Å². The van der Waals surface area contributed by atoms with E-state index in [-0.39, 0.29) is 31.1 Å². The van der Waals surface area contributed by atoms with Crippen molar-refractivity contribution in [2.24, 2.45) is 0 Å². The summed E-state index contributed by atoms with van der Waals surface area (Å²) in [6, 6.07) is 0. The zero-order chi connectivity index (χ0) is 47.2. The quantitative estimate of drug-likeness (QED) is 0.0199. The van der Waals surface area contributed by atoms with Crippen molar-refractivity contribution in [3.63, 3.8) is 0 Å². The van der Waals surface area contributed by atoms with Crippen LogP contribution in [0.3, 0.4) is 0 Å². The van der Waals surface area contributed by atoms with E-state index in [1.165, 1.54) is 148 Å². The molecular formula is C59H104O6. The van der Waals surface area contributed by atoms with Gasteiger partial charge in [-0.05, 0) is 77.0 Å². The topological polar surface area (TPSA) is 78.9 Å². The minimum Gasteiger partial charge on any atom is -0.462 e. The van der Waals surface area contributed by atoms with E-state index >= 15 is 0 Å². The second-order valence-electron chi connectivity index (χ2n) is 18.5. The zero-order valence-corrected chi connectivity index (χ0v) is 43.0. The molecule has 0 rings (SSSR count). The Morgan fingerprint density at radius 2 is 0.646 bits per heavy atom. The molecule has 0 radical (unpaired) electrons. The van der Waals surface area contributed by atoms with Crippen molar-refractivity contribution in [1.82, 2.24) is 0 Å². The largest absolute Gasteiger partial charge is 0.462 e. The third kappa shape index (κ3) is 51.9. The zero-order valence-electron chi connectivity index (χ0n) is 43.0. The van der Waals surface area contributed by atoms with Gasteiger partial charge in [-0.1, -0.05) is 242 Å². The first-order valence-corrected chi connectivity index (χ1v) is 27.8. The summed E-state index contributed by atoms with van der Waals surface area (Å²) in [5.41, 5.74) is 0. The highest BCUT2D eigenvalue weighted by Gasteiger charge is 2.19. The number of rotatable bonds is 50. The Morgan fingerprint density at radius 3 is 1.06 bits per heavy atom. The van der Waals surface area contributed by atoms with E-state index in [1.807, 2.05) is 0 Å². The van der Waals surface area contributed by atoms with E-state index in [9.17, 15) is 14.4 Å². The van der Waals surface area contributed by atoms with Gasteiger partial charge in [0.05, 0.1) is 0 Å². The van der Waals surface area contributed by atoms with Gasteiger partial charge in [0.25, 0.3) is 0 Å². The van der Waals surface area contributed by atoms with Crippen molar-refractivity contribution < 1.29 is 28.6 Å². The minimum atomic E-state index is -0.780. The molecule has 0 aliphatic heterocycles. The van der Waals surface area contributed by atoms with Crippen LogP contribution in [0.1, 0.15) is 278 Å². The second kappa shape index (κ2) is 53.7. The standard InChI is InChI=1S/C59H104O6/c1-4-7-10-13-16-19-22-25-27-29-30-31-33-34-37-40-43-46-49-52-58(61)64-55-56(54-63-57(60)51-48-45-42-39-36-24-21-18-15-12-9-6-3)65-59(62)53-50-47-44-41-38-35-32-28-26-23-20-17-14-11-8-5-2/h8,11,16-17,19-20,22,25-26,28,56H,4-7,9-10,12-15,18,21,23-24,27,29-55H2,1-3H3/b11-8-,19-16-,20-17-,25-22-,28-26-. The molecule has 0 saturated heterocycles. The van der Waals surface area contributed by atoms with E-state index in [1.54, 1.807) is 0 Å². The molecule has 6 nitrogen and oxygen atoms in total. The van der Waals surface area contributed by atoms with E-state index in [0.717, 1.165) is 89.9 Å². The second-order valence-corrected chi connectivity index (χ2v) is 18.5. The van der Waals surface area contributed by atoms with Crippen LogP contribution in [0, 0.1) is 0 Å². The number of hydrogen-bond donors (Lipinski definition) is 0. The van der Waals surface area contributed by atoms with Crippen molar-refractivity contribution in [2.75, 3.05) is 13.2 Å². The molecule has 6 heteroatoms. The molecule has 0 aliphatic rings. The molecule has 65 heavy (non-hydrogen) atoms. The lowest BCUT2D eigenvalue weighted by molar-refractivity contribution is -0.167. The molecular weight excluding hydrogens is 805 g/mol. The van der Waals surface area contributed by atoms with Gasteiger partial charge in [-0.3, -0.25) is 14.4 Å². The summed E-state index contributed by atoms with van der Waals surface area (Å²) < 4.78 is 16.8. The molecule has 376 valence electrons. The number of unbranched alkanes of at least 4 members (excludes halogenated alkanes) is 30. The summed E-state index contributed by atoms with van der Waals surface area (Å²) in [7, 11) is 0. The Morgan fingerprint density at radius 1 is 0.338 bits per heavy atom. The van der Waals surface area contributed by atoms with Crippen molar-refractivity contribution in [2.45, 2.75) is 284 Å². The molecule has 0 aliphatic carbocycles. The lowest BCUT2D eigenvalue weighted by atomic mass is 10.0. The highest BCUT2D eigenvalue weighted by molar-refractivity contribution is 5.71. The molecule has 0 spiro atoms. The van der Waals surface area contributed by atoms with Gasteiger partial charge in [0.15, 0.2) is 6.10 Å². The highest BCUT2D eigenvalue weighted by atomic mass is 16.6. The van der Waals surface area contributed by atoms with Crippen LogP contribution in [0.5, 0.6) is 0 Å². The number of carbonyl (C=O) groups is 3. The fraction of sp³-hybridized carbons (Fsp3) is 0.780. The van der Waals surface area contributed by atoms with Crippen LogP contribution in [0.15, 0.2) is 60.8 Å². The van der Waals surface area contributed by atoms with Crippen LogP contribution in [0.2, 0.25) is 0 Å². The van der Waals surface area contributed by atoms with Gasteiger partial charge < -0.3 is 14.2 Å². The first-order chi connectivity index (χ1) is 32.0. The molecule has 0 aromatic heterocycles. The van der Waals surface area contributed by atoms with Crippen LogP contribution in [0.25, 0.3) is 0 Å². The molecule has 1 atom stereocenters. The molecule has 0 N–H and O–H groups in total. The molecule has 0 bridgehead atoms. The first-order valence-electron chi connectivity index (χ1n) is 27.8. The number of hydrogen-bond acceptors (Lipinski definition) is 6. The average molecular weight is 909 g/mol. The molecule has 0 aromatic carbocycles. The summed E-state index contributed by atoms with van der Waals surface area (Å²) in [4.78, 5) is 38.1. The number of carbonyl (C=O) groups excluding carboxylic acids is 3. The Kier molecular flexibility index (Phi) is 51.3. The lowest BCUT2D eigenvalue weighted by Gasteiger charge is -2.18. The van der Waals surface area contributed by atoms with Gasteiger partial charge in [0, 0.05) is 19.3 Å². The van der Waals surface area contributed by atoms with Gasteiger partial charge in [0.1, 0.15) is 13.2 Å². The Bertz CT molecular complexity index is 1180. The summed E-state index contributed by atoms with van der Waals surface area (Å²) in [5, 5.41) is 0. The fourth-order valence-electron chi connectivity index (χ4n) is 7.86. The third-order valence-electron chi connectivity index (χ3n) is 12.0. The first kappa shape index (κ1) is 62.1. The van der Waals surface area contributed by atoms with Crippen molar-refractivity contribution in [3.05, 3.63) is 60.8 Å². The van der Waals surface area contributed by atoms with E-state index < -0.39 is 6.10 Å². The molecule has 0 aromatic rings. The highest BCUT2D eigenvalue weighted by Crippen LogP contribution is 2.16.